The molecule has 2 atom stereocenters. The van der Waals surface area contributed by atoms with Gasteiger partial charge in [-0.1, -0.05) is 18.2 Å². The molecule has 1 aliphatic heterocycles. The molecule has 0 radical (unpaired) electrons. The number of hydrogen-bond donors (Lipinski definition) is 1. The summed E-state index contributed by atoms with van der Waals surface area (Å²) in [6, 6.07) is 10.1. The van der Waals surface area contributed by atoms with Gasteiger partial charge in [-0.3, -0.25) is 4.79 Å². The number of carbonyl (C=O) groups is 1. The van der Waals surface area contributed by atoms with Gasteiger partial charge in [0.1, 0.15) is 5.69 Å². The molecule has 0 spiro atoms. The van der Waals surface area contributed by atoms with E-state index >= 15 is 0 Å². The van der Waals surface area contributed by atoms with E-state index in [0.29, 0.717) is 18.9 Å². The van der Waals surface area contributed by atoms with E-state index in [-0.39, 0.29) is 18.0 Å². The van der Waals surface area contributed by atoms with Crippen molar-refractivity contribution in [3.8, 4) is 0 Å². The highest BCUT2D eigenvalue weighted by Gasteiger charge is 2.30. The summed E-state index contributed by atoms with van der Waals surface area (Å²) in [6.07, 6.45) is 0. The zero-order valence-electron chi connectivity index (χ0n) is 11.2. The molecule has 0 aliphatic carbocycles. The van der Waals surface area contributed by atoms with Gasteiger partial charge in [-0.15, -0.1) is 0 Å². The fourth-order valence-electron chi connectivity index (χ4n) is 2.73. The number of fused-ring (bicyclic) bond motifs is 1. The smallest absolute Gasteiger partial charge is 0.270 e. The average molecular weight is 258 g/mol. The highest BCUT2D eigenvalue weighted by atomic mass is 16.5. The number of H-pyrrole nitrogens is 1. The van der Waals surface area contributed by atoms with Crippen LogP contribution in [0, 0.1) is 0 Å². The third kappa shape index (κ3) is 2.12. The Bertz CT molecular complexity index is 562. The van der Waals surface area contributed by atoms with Crippen molar-refractivity contribution in [1.82, 2.24) is 9.88 Å². The van der Waals surface area contributed by atoms with Crippen LogP contribution in [0.3, 0.4) is 0 Å². The number of aromatic amines is 1. The summed E-state index contributed by atoms with van der Waals surface area (Å²) in [6.45, 7) is 5.26. The summed E-state index contributed by atoms with van der Waals surface area (Å²) < 4.78 is 5.47. The molecule has 1 saturated heterocycles. The van der Waals surface area contributed by atoms with Crippen LogP contribution in [0.5, 0.6) is 0 Å². The lowest BCUT2D eigenvalue weighted by Gasteiger charge is -2.38. The highest BCUT2D eigenvalue weighted by molar-refractivity contribution is 5.98. The maximum atomic E-state index is 12.6. The number of carbonyl (C=O) groups excluding carboxylic acids is 1. The molecule has 1 aromatic heterocycles. The van der Waals surface area contributed by atoms with Gasteiger partial charge in [0, 0.05) is 10.9 Å². The molecule has 1 N–H and O–H groups in total. The minimum absolute atomic E-state index is 0.0551. The van der Waals surface area contributed by atoms with Crippen LogP contribution in [-0.2, 0) is 4.74 Å². The number of nitrogens with one attached hydrogen (secondary N) is 1. The van der Waals surface area contributed by atoms with Crippen LogP contribution in [-0.4, -0.2) is 41.1 Å². The number of hydrogen-bond acceptors (Lipinski definition) is 2. The molecule has 4 heteroatoms. The van der Waals surface area contributed by atoms with Gasteiger partial charge in [-0.05, 0) is 26.0 Å². The van der Waals surface area contributed by atoms with Crippen molar-refractivity contribution in [2.75, 3.05) is 13.2 Å². The second-order valence-corrected chi connectivity index (χ2v) is 5.22. The molecule has 0 saturated carbocycles. The number of para-hydroxylation sites is 1. The molecule has 100 valence electrons. The van der Waals surface area contributed by atoms with Crippen molar-refractivity contribution in [1.29, 1.82) is 0 Å². The summed E-state index contributed by atoms with van der Waals surface area (Å²) in [7, 11) is 0. The predicted octanol–water partition coefficient (Wildman–Crippen LogP) is 2.42. The van der Waals surface area contributed by atoms with Crippen LogP contribution in [0.15, 0.2) is 30.3 Å². The van der Waals surface area contributed by atoms with Crippen molar-refractivity contribution in [3.05, 3.63) is 36.0 Å². The Balaban J connectivity index is 1.94. The number of amides is 1. The van der Waals surface area contributed by atoms with Gasteiger partial charge in [-0.2, -0.15) is 0 Å². The van der Waals surface area contributed by atoms with Gasteiger partial charge in [0.15, 0.2) is 0 Å². The number of rotatable bonds is 1. The second-order valence-electron chi connectivity index (χ2n) is 5.22. The van der Waals surface area contributed by atoms with Crippen LogP contribution >= 0.6 is 0 Å². The largest absolute Gasteiger partial charge is 0.377 e. The number of morpholine rings is 1. The third-order valence-electron chi connectivity index (χ3n) is 3.66. The first kappa shape index (κ1) is 12.2. The Hall–Kier alpha value is -1.81. The molecular weight excluding hydrogens is 240 g/mol. The first-order valence-electron chi connectivity index (χ1n) is 6.65. The topological polar surface area (TPSA) is 45.3 Å². The fraction of sp³-hybridized carbons (Fsp3) is 0.400. The lowest BCUT2D eigenvalue weighted by Crippen LogP contribution is -2.52. The Morgan fingerprint density at radius 3 is 2.63 bits per heavy atom. The van der Waals surface area contributed by atoms with Crippen LogP contribution in [0.2, 0.25) is 0 Å². The van der Waals surface area contributed by atoms with Gasteiger partial charge in [-0.25, -0.2) is 0 Å². The number of nitrogens with zero attached hydrogens (tertiary/aromatic N) is 1. The van der Waals surface area contributed by atoms with E-state index in [0.717, 1.165) is 10.9 Å². The second kappa shape index (κ2) is 4.70. The summed E-state index contributed by atoms with van der Waals surface area (Å²) in [5.74, 6) is 0.0551. The molecule has 4 nitrogen and oxygen atoms in total. The molecule has 0 bridgehead atoms. The standard InChI is InChI=1S/C15H18N2O2/c1-10-8-19-9-11(2)17(10)15(18)14-7-12-5-3-4-6-13(12)16-14/h3-7,10-11,16H,8-9H2,1-2H3. The summed E-state index contributed by atoms with van der Waals surface area (Å²) >= 11 is 0. The maximum Gasteiger partial charge on any atom is 0.270 e. The van der Waals surface area contributed by atoms with Gasteiger partial charge in [0.05, 0.1) is 25.3 Å². The molecule has 2 aromatic rings. The predicted molar refractivity (Wildman–Crippen MR) is 74.2 cm³/mol. The highest BCUT2D eigenvalue weighted by Crippen LogP contribution is 2.20. The van der Waals surface area contributed by atoms with E-state index in [1.165, 1.54) is 0 Å². The van der Waals surface area contributed by atoms with Crippen LogP contribution in [0.1, 0.15) is 24.3 Å². The molecular formula is C15H18N2O2. The van der Waals surface area contributed by atoms with Crippen LogP contribution in [0.25, 0.3) is 10.9 Å². The fourth-order valence-corrected chi connectivity index (χ4v) is 2.73. The molecule has 1 fully saturated rings. The molecule has 1 amide bonds. The van der Waals surface area contributed by atoms with E-state index in [2.05, 4.69) is 4.98 Å². The van der Waals surface area contributed by atoms with Crippen molar-refractivity contribution >= 4 is 16.8 Å². The monoisotopic (exact) mass is 258 g/mol. The molecule has 1 aromatic carbocycles. The number of benzene rings is 1. The molecule has 2 heterocycles. The van der Waals surface area contributed by atoms with Crippen molar-refractivity contribution < 1.29 is 9.53 Å². The summed E-state index contributed by atoms with van der Waals surface area (Å²) in [5, 5.41) is 1.07. The van der Waals surface area contributed by atoms with Crippen molar-refractivity contribution in [2.24, 2.45) is 0 Å². The quantitative estimate of drug-likeness (QED) is 0.853. The Kier molecular flexibility index (Phi) is 3.03. The third-order valence-corrected chi connectivity index (χ3v) is 3.66. The van der Waals surface area contributed by atoms with Crippen molar-refractivity contribution in [2.45, 2.75) is 25.9 Å². The van der Waals surface area contributed by atoms with Gasteiger partial charge >= 0.3 is 0 Å². The number of ether oxygens (including phenoxy) is 1. The Morgan fingerprint density at radius 1 is 1.26 bits per heavy atom. The van der Waals surface area contributed by atoms with Gasteiger partial charge in [0.25, 0.3) is 5.91 Å². The lowest BCUT2D eigenvalue weighted by molar-refractivity contribution is -0.0251. The SMILES string of the molecule is CC1COCC(C)N1C(=O)c1cc2ccccc2[nH]1. The molecule has 1 aliphatic rings. The lowest BCUT2D eigenvalue weighted by atomic mass is 10.1. The maximum absolute atomic E-state index is 12.6. The van der Waals surface area contributed by atoms with E-state index in [9.17, 15) is 4.79 Å². The van der Waals surface area contributed by atoms with Crippen molar-refractivity contribution in [3.63, 3.8) is 0 Å². The van der Waals surface area contributed by atoms with Gasteiger partial charge < -0.3 is 14.6 Å². The first-order chi connectivity index (χ1) is 9.16. The normalized spacial score (nSPS) is 23.8. The van der Waals surface area contributed by atoms with Crippen LogP contribution < -0.4 is 0 Å². The summed E-state index contributed by atoms with van der Waals surface area (Å²) in [5.41, 5.74) is 1.65. The Morgan fingerprint density at radius 2 is 1.95 bits per heavy atom. The van der Waals surface area contributed by atoms with Gasteiger partial charge in [0.2, 0.25) is 0 Å². The number of aromatic nitrogens is 1. The molecule has 3 rings (SSSR count). The van der Waals surface area contributed by atoms with E-state index in [4.69, 9.17) is 4.74 Å². The van der Waals surface area contributed by atoms with E-state index in [1.807, 2.05) is 49.1 Å². The molecule has 19 heavy (non-hydrogen) atoms. The zero-order chi connectivity index (χ0) is 13.4. The minimum Gasteiger partial charge on any atom is -0.377 e. The minimum atomic E-state index is 0.0551. The summed E-state index contributed by atoms with van der Waals surface area (Å²) in [4.78, 5) is 17.7. The average Bonchev–Trinajstić information content (AvgIpc) is 2.82. The van der Waals surface area contributed by atoms with E-state index < -0.39 is 0 Å². The zero-order valence-corrected chi connectivity index (χ0v) is 11.2. The Labute approximate surface area is 112 Å². The molecule has 2 unspecified atom stereocenters. The van der Waals surface area contributed by atoms with E-state index in [1.54, 1.807) is 0 Å². The first-order valence-corrected chi connectivity index (χ1v) is 6.65. The van der Waals surface area contributed by atoms with Crippen LogP contribution in [0.4, 0.5) is 0 Å².